The summed E-state index contributed by atoms with van der Waals surface area (Å²) in [4.78, 5) is 11.9. The molecule has 4 nitrogen and oxygen atoms in total. The van der Waals surface area contributed by atoms with Gasteiger partial charge in [0.15, 0.2) is 0 Å². The molecule has 1 aliphatic carbocycles. The Balaban J connectivity index is 1.96. The molecule has 0 spiro atoms. The standard InChI is InChI=1S/C13H18N2O2/c1-13(2,17)11-7-10(11)12(16)15-9-5-3-4-8(14)6-9/h3-6,10-11,17H,7,14H2,1-2H3,(H,15,16)/t10-,11-/m1/s1. The third-order valence-corrected chi connectivity index (χ3v) is 3.19. The zero-order valence-corrected chi connectivity index (χ0v) is 10.1. The van der Waals surface area contributed by atoms with Gasteiger partial charge >= 0.3 is 0 Å². The predicted octanol–water partition coefficient (Wildman–Crippen LogP) is 1.61. The minimum absolute atomic E-state index is 0.0391. The molecule has 2 atom stereocenters. The summed E-state index contributed by atoms with van der Waals surface area (Å²) >= 11 is 0. The molecule has 0 aliphatic heterocycles. The smallest absolute Gasteiger partial charge is 0.227 e. The molecule has 0 bridgehead atoms. The van der Waals surface area contributed by atoms with E-state index in [0.717, 1.165) is 6.42 Å². The van der Waals surface area contributed by atoms with Crippen LogP contribution < -0.4 is 11.1 Å². The molecule has 0 aromatic heterocycles. The summed E-state index contributed by atoms with van der Waals surface area (Å²) in [5.41, 5.74) is 6.18. The summed E-state index contributed by atoms with van der Waals surface area (Å²) in [7, 11) is 0. The summed E-state index contributed by atoms with van der Waals surface area (Å²) in [5.74, 6) is -0.0669. The summed E-state index contributed by atoms with van der Waals surface area (Å²) < 4.78 is 0. The van der Waals surface area contributed by atoms with Crippen molar-refractivity contribution in [3.63, 3.8) is 0 Å². The lowest BCUT2D eigenvalue weighted by Crippen LogP contribution is -2.26. The third kappa shape index (κ3) is 2.77. The van der Waals surface area contributed by atoms with Gasteiger partial charge in [-0.3, -0.25) is 4.79 Å². The molecule has 0 radical (unpaired) electrons. The molecule has 2 rings (SSSR count). The van der Waals surface area contributed by atoms with Crippen molar-refractivity contribution < 1.29 is 9.90 Å². The van der Waals surface area contributed by atoms with Crippen LogP contribution in [0.4, 0.5) is 11.4 Å². The second-order valence-electron chi connectivity index (χ2n) is 5.22. The van der Waals surface area contributed by atoms with Crippen LogP contribution in [0.5, 0.6) is 0 Å². The van der Waals surface area contributed by atoms with Gasteiger partial charge in [-0.25, -0.2) is 0 Å². The van der Waals surface area contributed by atoms with Crippen LogP contribution in [-0.4, -0.2) is 16.6 Å². The molecular weight excluding hydrogens is 216 g/mol. The largest absolute Gasteiger partial charge is 0.399 e. The van der Waals surface area contributed by atoms with E-state index in [9.17, 15) is 9.90 Å². The third-order valence-electron chi connectivity index (χ3n) is 3.19. The van der Waals surface area contributed by atoms with Crippen LogP contribution in [-0.2, 0) is 4.79 Å². The SMILES string of the molecule is CC(C)(O)[C@@H]1C[C@H]1C(=O)Nc1cccc(N)c1. The number of anilines is 2. The molecule has 4 N–H and O–H groups in total. The number of nitrogens with one attached hydrogen (secondary N) is 1. The fraction of sp³-hybridized carbons (Fsp3) is 0.462. The summed E-state index contributed by atoms with van der Waals surface area (Å²) in [6, 6.07) is 7.09. The Morgan fingerprint density at radius 3 is 2.76 bits per heavy atom. The quantitative estimate of drug-likeness (QED) is 0.695. The highest BCUT2D eigenvalue weighted by Crippen LogP contribution is 2.46. The molecule has 92 valence electrons. The van der Waals surface area contributed by atoms with Crippen molar-refractivity contribution >= 4 is 17.3 Å². The molecule has 1 aromatic rings. The van der Waals surface area contributed by atoms with Gasteiger partial charge < -0.3 is 16.2 Å². The number of amides is 1. The number of carbonyl (C=O) groups excluding carboxylic acids is 1. The number of carbonyl (C=O) groups is 1. The van der Waals surface area contributed by atoms with Crippen molar-refractivity contribution in [3.8, 4) is 0 Å². The topological polar surface area (TPSA) is 75.3 Å². The van der Waals surface area contributed by atoms with E-state index >= 15 is 0 Å². The maximum absolute atomic E-state index is 11.9. The van der Waals surface area contributed by atoms with E-state index in [2.05, 4.69) is 5.32 Å². The van der Waals surface area contributed by atoms with Gasteiger partial charge in [0.05, 0.1) is 5.60 Å². The van der Waals surface area contributed by atoms with Crippen LogP contribution >= 0.6 is 0 Å². The van der Waals surface area contributed by atoms with E-state index in [1.165, 1.54) is 0 Å². The Labute approximate surface area is 101 Å². The minimum Gasteiger partial charge on any atom is -0.399 e. The Hall–Kier alpha value is -1.55. The van der Waals surface area contributed by atoms with Crippen LogP contribution in [0.1, 0.15) is 20.3 Å². The van der Waals surface area contributed by atoms with Gasteiger partial charge in [-0.05, 0) is 44.4 Å². The Kier molecular flexibility index (Phi) is 2.83. The van der Waals surface area contributed by atoms with Crippen molar-refractivity contribution in [1.82, 2.24) is 0 Å². The predicted molar refractivity (Wildman–Crippen MR) is 67.4 cm³/mol. The van der Waals surface area contributed by atoms with Gasteiger partial charge in [-0.15, -0.1) is 0 Å². The van der Waals surface area contributed by atoms with Crippen LogP contribution in [0.15, 0.2) is 24.3 Å². The van der Waals surface area contributed by atoms with Crippen molar-refractivity contribution in [2.24, 2.45) is 11.8 Å². The molecule has 1 saturated carbocycles. The van der Waals surface area contributed by atoms with Gasteiger partial charge in [-0.1, -0.05) is 6.07 Å². The van der Waals surface area contributed by atoms with E-state index in [-0.39, 0.29) is 17.7 Å². The number of benzene rings is 1. The lowest BCUT2D eigenvalue weighted by Gasteiger charge is -2.16. The highest BCUT2D eigenvalue weighted by Gasteiger charge is 2.50. The van der Waals surface area contributed by atoms with Gasteiger partial charge in [-0.2, -0.15) is 0 Å². The number of rotatable bonds is 3. The van der Waals surface area contributed by atoms with Crippen molar-refractivity contribution in [2.45, 2.75) is 25.9 Å². The first kappa shape index (κ1) is 11.9. The summed E-state index contributed by atoms with van der Waals surface area (Å²) in [5, 5.41) is 12.6. The summed E-state index contributed by atoms with van der Waals surface area (Å²) in [6.45, 7) is 3.48. The van der Waals surface area contributed by atoms with E-state index < -0.39 is 5.60 Å². The van der Waals surface area contributed by atoms with E-state index in [4.69, 9.17) is 5.73 Å². The first-order chi connectivity index (χ1) is 7.88. The molecular formula is C13H18N2O2. The Morgan fingerprint density at radius 2 is 2.24 bits per heavy atom. The average Bonchev–Trinajstić information content (AvgIpc) is 2.95. The highest BCUT2D eigenvalue weighted by atomic mass is 16.3. The van der Waals surface area contributed by atoms with Gasteiger partial charge in [0, 0.05) is 17.3 Å². The first-order valence-corrected chi connectivity index (χ1v) is 5.76. The number of nitrogen functional groups attached to an aromatic ring is 1. The zero-order chi connectivity index (χ0) is 12.6. The highest BCUT2D eigenvalue weighted by molar-refractivity contribution is 5.94. The summed E-state index contributed by atoms with van der Waals surface area (Å²) in [6.07, 6.45) is 0.748. The first-order valence-electron chi connectivity index (χ1n) is 5.76. The fourth-order valence-electron chi connectivity index (χ4n) is 2.12. The minimum atomic E-state index is -0.780. The van der Waals surface area contributed by atoms with Crippen LogP contribution in [0, 0.1) is 11.8 Å². The molecule has 1 amide bonds. The normalized spacial score (nSPS) is 23.2. The van der Waals surface area contributed by atoms with Crippen molar-refractivity contribution in [3.05, 3.63) is 24.3 Å². The number of aliphatic hydroxyl groups is 1. The molecule has 1 aliphatic rings. The second-order valence-corrected chi connectivity index (χ2v) is 5.22. The van der Waals surface area contributed by atoms with E-state index in [1.807, 2.05) is 0 Å². The van der Waals surface area contributed by atoms with Crippen molar-refractivity contribution in [2.75, 3.05) is 11.1 Å². The zero-order valence-electron chi connectivity index (χ0n) is 10.1. The fourth-order valence-corrected chi connectivity index (χ4v) is 2.12. The van der Waals surface area contributed by atoms with Gasteiger partial charge in [0.25, 0.3) is 0 Å². The van der Waals surface area contributed by atoms with Crippen molar-refractivity contribution in [1.29, 1.82) is 0 Å². The Bertz CT molecular complexity index is 437. The number of hydrogen-bond acceptors (Lipinski definition) is 3. The maximum atomic E-state index is 11.9. The molecule has 0 heterocycles. The molecule has 0 saturated heterocycles. The monoisotopic (exact) mass is 234 g/mol. The van der Waals surface area contributed by atoms with E-state index in [1.54, 1.807) is 38.1 Å². The second kappa shape index (κ2) is 4.04. The molecule has 4 heteroatoms. The maximum Gasteiger partial charge on any atom is 0.227 e. The lowest BCUT2D eigenvalue weighted by atomic mass is 10.0. The number of nitrogens with two attached hydrogens (primary N) is 1. The van der Waals surface area contributed by atoms with Crippen LogP contribution in [0.25, 0.3) is 0 Å². The van der Waals surface area contributed by atoms with Gasteiger partial charge in [0.2, 0.25) is 5.91 Å². The number of hydrogen-bond donors (Lipinski definition) is 3. The lowest BCUT2D eigenvalue weighted by molar-refractivity contribution is -0.118. The molecule has 1 fully saturated rings. The average molecular weight is 234 g/mol. The van der Waals surface area contributed by atoms with Crippen LogP contribution in [0.2, 0.25) is 0 Å². The molecule has 1 aromatic carbocycles. The van der Waals surface area contributed by atoms with Gasteiger partial charge in [0.1, 0.15) is 0 Å². The van der Waals surface area contributed by atoms with Crippen LogP contribution in [0.3, 0.4) is 0 Å². The van der Waals surface area contributed by atoms with E-state index in [0.29, 0.717) is 11.4 Å². The Morgan fingerprint density at radius 1 is 1.53 bits per heavy atom. The molecule has 0 unspecified atom stereocenters. The molecule has 17 heavy (non-hydrogen) atoms.